The van der Waals surface area contributed by atoms with Crippen molar-refractivity contribution in [2.75, 3.05) is 18.5 Å². The average Bonchev–Trinajstić information content (AvgIpc) is 2.50. The second-order valence-corrected chi connectivity index (χ2v) is 5.13. The van der Waals surface area contributed by atoms with E-state index in [4.69, 9.17) is 0 Å². The van der Waals surface area contributed by atoms with Gasteiger partial charge in [0.1, 0.15) is 4.91 Å². The summed E-state index contributed by atoms with van der Waals surface area (Å²) in [6.45, 7) is 0. The molecular formula is C6H8O2S3. The van der Waals surface area contributed by atoms with Crippen molar-refractivity contribution in [3.05, 3.63) is 9.14 Å². The largest absolute Gasteiger partial charge is 0.465 e. The van der Waals surface area contributed by atoms with Gasteiger partial charge in [-0.2, -0.15) is 0 Å². The van der Waals surface area contributed by atoms with Gasteiger partial charge >= 0.3 is 5.97 Å². The predicted octanol–water partition coefficient (Wildman–Crippen LogP) is 2.13. The molecule has 0 amide bonds. The number of rotatable bonds is 2. The molecule has 1 aliphatic rings. The smallest absolute Gasteiger partial charge is 0.346 e. The lowest BCUT2D eigenvalue weighted by Gasteiger charge is -1.99. The van der Waals surface area contributed by atoms with E-state index in [1.807, 2.05) is 6.26 Å². The third-order valence-corrected chi connectivity index (χ3v) is 4.89. The van der Waals surface area contributed by atoms with Crippen molar-refractivity contribution in [1.29, 1.82) is 0 Å². The molecule has 0 bridgehead atoms. The van der Waals surface area contributed by atoms with Gasteiger partial charge in [-0.1, -0.05) is 0 Å². The second-order valence-electron chi connectivity index (χ2n) is 1.72. The molecule has 0 saturated heterocycles. The van der Waals surface area contributed by atoms with Gasteiger partial charge in [0.15, 0.2) is 0 Å². The second kappa shape index (κ2) is 4.33. The lowest BCUT2D eigenvalue weighted by atomic mass is 10.6. The Hall–Kier alpha value is 0.260. The Morgan fingerprint density at radius 2 is 2.36 bits per heavy atom. The number of ether oxygens (including phenoxy) is 1. The maximum Gasteiger partial charge on any atom is 0.346 e. The molecule has 0 aromatic heterocycles. The first kappa shape index (κ1) is 9.35. The molecule has 0 N–H and O–H groups in total. The zero-order valence-corrected chi connectivity index (χ0v) is 8.70. The van der Waals surface area contributed by atoms with E-state index in [0.717, 1.165) is 14.2 Å². The number of carbonyl (C=O) groups excluding carboxylic acids is 1. The fourth-order valence-corrected chi connectivity index (χ4v) is 4.28. The summed E-state index contributed by atoms with van der Waals surface area (Å²) in [7, 11) is 1.41. The summed E-state index contributed by atoms with van der Waals surface area (Å²) < 4.78 is 5.71. The highest BCUT2D eigenvalue weighted by atomic mass is 32.2. The molecule has 1 heterocycles. The summed E-state index contributed by atoms with van der Waals surface area (Å²) in [6.07, 6.45) is 1.97. The quantitative estimate of drug-likeness (QED) is 0.648. The van der Waals surface area contributed by atoms with E-state index in [1.165, 1.54) is 7.11 Å². The van der Waals surface area contributed by atoms with Crippen LogP contribution in [0.4, 0.5) is 0 Å². The molecule has 1 aliphatic heterocycles. The Morgan fingerprint density at radius 1 is 1.64 bits per heavy atom. The molecule has 0 aliphatic carbocycles. The number of hydrogen-bond donors (Lipinski definition) is 0. The monoisotopic (exact) mass is 208 g/mol. The summed E-state index contributed by atoms with van der Waals surface area (Å²) in [5, 5.41) is 0.931. The molecule has 62 valence electrons. The summed E-state index contributed by atoms with van der Waals surface area (Å²) >= 11 is 4.86. The van der Waals surface area contributed by atoms with Crippen LogP contribution in [0.2, 0.25) is 0 Å². The molecule has 0 atom stereocenters. The molecule has 2 nitrogen and oxygen atoms in total. The molecular weight excluding hydrogens is 200 g/mol. The van der Waals surface area contributed by atoms with Gasteiger partial charge in [-0.15, -0.1) is 35.3 Å². The van der Waals surface area contributed by atoms with Crippen LogP contribution in [0.3, 0.4) is 0 Å². The van der Waals surface area contributed by atoms with Crippen molar-refractivity contribution in [2.24, 2.45) is 0 Å². The van der Waals surface area contributed by atoms with Gasteiger partial charge in [0.2, 0.25) is 0 Å². The minimum atomic E-state index is -0.204. The van der Waals surface area contributed by atoms with Gasteiger partial charge in [-0.25, -0.2) is 4.79 Å². The average molecular weight is 208 g/mol. The van der Waals surface area contributed by atoms with Crippen LogP contribution >= 0.6 is 35.3 Å². The van der Waals surface area contributed by atoms with Crippen LogP contribution in [-0.4, -0.2) is 24.4 Å². The van der Waals surface area contributed by atoms with Crippen molar-refractivity contribution in [3.8, 4) is 0 Å². The van der Waals surface area contributed by atoms with Crippen molar-refractivity contribution in [1.82, 2.24) is 0 Å². The highest BCUT2D eigenvalue weighted by molar-refractivity contribution is 8.31. The Labute approximate surface area is 78.5 Å². The number of carbonyl (C=O) groups is 1. The molecule has 1 rings (SSSR count). The third-order valence-electron chi connectivity index (χ3n) is 1.13. The van der Waals surface area contributed by atoms with Crippen LogP contribution in [-0.2, 0) is 9.53 Å². The molecule has 0 spiro atoms. The fourth-order valence-electron chi connectivity index (χ4n) is 0.653. The molecule has 0 aromatic rings. The predicted molar refractivity (Wildman–Crippen MR) is 52.6 cm³/mol. The molecule has 0 saturated carbocycles. The molecule has 0 aromatic carbocycles. The maximum absolute atomic E-state index is 11.1. The molecule has 5 heteroatoms. The first-order chi connectivity index (χ1) is 5.29. The van der Waals surface area contributed by atoms with E-state index >= 15 is 0 Å². The fraction of sp³-hybridized carbons (Fsp3) is 0.500. The Kier molecular flexibility index (Phi) is 3.68. The number of thioether (sulfide) groups is 3. The van der Waals surface area contributed by atoms with Crippen LogP contribution in [0.15, 0.2) is 9.14 Å². The normalized spacial score (nSPS) is 17.3. The standard InChI is InChI=1S/C6H8O2S3/c1-8-5(7)4-6(9-2)11-3-10-4/h3H2,1-2H3. The summed E-state index contributed by atoms with van der Waals surface area (Å²) in [4.78, 5) is 11.8. The first-order valence-electron chi connectivity index (χ1n) is 2.91. The zero-order valence-electron chi connectivity index (χ0n) is 6.25. The molecule has 0 radical (unpaired) electrons. The summed E-state index contributed by atoms with van der Waals surface area (Å²) in [5.41, 5.74) is 0. The maximum atomic E-state index is 11.1. The van der Waals surface area contributed by atoms with Crippen LogP contribution in [0.1, 0.15) is 0 Å². The highest BCUT2D eigenvalue weighted by Crippen LogP contribution is 2.44. The number of methoxy groups -OCH3 is 1. The van der Waals surface area contributed by atoms with Gasteiger partial charge in [-0.05, 0) is 6.26 Å². The van der Waals surface area contributed by atoms with Crippen molar-refractivity contribution >= 4 is 41.3 Å². The SMILES string of the molecule is COC(=O)C1=C(SC)SCS1. The van der Waals surface area contributed by atoms with Crippen molar-refractivity contribution < 1.29 is 9.53 Å². The van der Waals surface area contributed by atoms with E-state index in [9.17, 15) is 4.79 Å². The highest BCUT2D eigenvalue weighted by Gasteiger charge is 2.22. The summed E-state index contributed by atoms with van der Waals surface area (Å²) in [5.74, 6) is -0.204. The van der Waals surface area contributed by atoms with Crippen LogP contribution in [0, 0.1) is 0 Å². The Morgan fingerprint density at radius 3 is 2.91 bits per heavy atom. The summed E-state index contributed by atoms with van der Waals surface area (Å²) in [6, 6.07) is 0. The van der Waals surface area contributed by atoms with Gasteiger partial charge < -0.3 is 4.74 Å². The first-order valence-corrected chi connectivity index (χ1v) is 6.11. The zero-order chi connectivity index (χ0) is 8.27. The third kappa shape index (κ3) is 2.10. The Bertz CT molecular complexity index is 200. The molecule has 11 heavy (non-hydrogen) atoms. The minimum Gasteiger partial charge on any atom is -0.465 e. The van der Waals surface area contributed by atoms with E-state index in [0.29, 0.717) is 0 Å². The van der Waals surface area contributed by atoms with Crippen LogP contribution in [0.5, 0.6) is 0 Å². The van der Waals surface area contributed by atoms with Gasteiger partial charge in [-0.3, -0.25) is 0 Å². The molecule has 0 fully saturated rings. The van der Waals surface area contributed by atoms with Crippen molar-refractivity contribution in [2.45, 2.75) is 0 Å². The van der Waals surface area contributed by atoms with E-state index < -0.39 is 0 Å². The molecule has 0 unspecified atom stereocenters. The van der Waals surface area contributed by atoms with Crippen LogP contribution < -0.4 is 0 Å². The lowest BCUT2D eigenvalue weighted by molar-refractivity contribution is -0.135. The van der Waals surface area contributed by atoms with E-state index in [-0.39, 0.29) is 5.97 Å². The van der Waals surface area contributed by atoms with Gasteiger partial charge in [0, 0.05) is 5.08 Å². The van der Waals surface area contributed by atoms with Gasteiger partial charge in [0.05, 0.1) is 11.3 Å². The van der Waals surface area contributed by atoms with E-state index in [2.05, 4.69) is 4.74 Å². The van der Waals surface area contributed by atoms with Crippen molar-refractivity contribution in [3.63, 3.8) is 0 Å². The topological polar surface area (TPSA) is 26.3 Å². The lowest BCUT2D eigenvalue weighted by Crippen LogP contribution is -2.00. The Balaban J connectivity index is 2.74. The number of hydrogen-bond acceptors (Lipinski definition) is 5. The number of esters is 1. The van der Waals surface area contributed by atoms with E-state index in [1.54, 1.807) is 35.3 Å². The van der Waals surface area contributed by atoms with Crippen LogP contribution in [0.25, 0.3) is 0 Å². The minimum absolute atomic E-state index is 0.204. The van der Waals surface area contributed by atoms with Gasteiger partial charge in [0.25, 0.3) is 0 Å².